The van der Waals surface area contributed by atoms with E-state index < -0.39 is 5.41 Å². The molecule has 0 saturated carbocycles. The number of hydrogen-bond acceptors (Lipinski definition) is 4. The van der Waals surface area contributed by atoms with Crippen LogP contribution in [0.3, 0.4) is 0 Å². The maximum Gasteiger partial charge on any atom is 0.267 e. The van der Waals surface area contributed by atoms with Crippen molar-refractivity contribution in [2.24, 2.45) is 5.41 Å². The fourth-order valence-electron chi connectivity index (χ4n) is 3.50. The van der Waals surface area contributed by atoms with E-state index >= 15 is 0 Å². The Balaban J connectivity index is 1.71. The van der Waals surface area contributed by atoms with Gasteiger partial charge in [0.2, 0.25) is 11.8 Å². The molecule has 3 rings (SSSR count). The molecule has 1 aromatic heterocycles. The van der Waals surface area contributed by atoms with Gasteiger partial charge in [-0.3, -0.25) is 14.4 Å². The molecule has 0 aromatic carbocycles. The van der Waals surface area contributed by atoms with E-state index in [1.165, 1.54) is 12.1 Å². The van der Waals surface area contributed by atoms with E-state index in [9.17, 15) is 14.4 Å². The number of carbonyl (C=O) groups is 2. The van der Waals surface area contributed by atoms with Gasteiger partial charge in [-0.25, -0.2) is 4.68 Å². The second kappa shape index (κ2) is 5.96. The zero-order valence-electron chi connectivity index (χ0n) is 13.0. The van der Waals surface area contributed by atoms with Crippen molar-refractivity contribution < 1.29 is 9.59 Å². The molecule has 0 radical (unpaired) electrons. The summed E-state index contributed by atoms with van der Waals surface area (Å²) in [4.78, 5) is 40.1. The van der Waals surface area contributed by atoms with Crippen molar-refractivity contribution in [3.05, 3.63) is 27.6 Å². The Morgan fingerprint density at radius 2 is 2.09 bits per heavy atom. The molecule has 2 aliphatic rings. The molecule has 8 heteroatoms. The average molecular weight is 339 g/mol. The summed E-state index contributed by atoms with van der Waals surface area (Å²) in [6, 6.07) is 2.68. The molecule has 0 N–H and O–H groups in total. The number of rotatable bonds is 2. The Hall–Kier alpha value is -1.89. The number of halogens is 1. The minimum atomic E-state index is -0.449. The van der Waals surface area contributed by atoms with E-state index in [-0.39, 0.29) is 29.1 Å². The standard InChI is InChI=1S/C15H19ClN4O3/c1-18-7-2-5-15(14(18)23)6-8-19(10-15)13(22)9-20-12(21)4-3-11(16)17-20/h3-4H,2,5-10H2,1H3. The lowest BCUT2D eigenvalue weighted by Crippen LogP contribution is -2.49. The number of piperidine rings is 1. The fourth-order valence-corrected chi connectivity index (χ4v) is 3.65. The predicted octanol–water partition coefficient (Wildman–Crippen LogP) is 0.368. The van der Waals surface area contributed by atoms with Crippen molar-refractivity contribution in [3.63, 3.8) is 0 Å². The van der Waals surface area contributed by atoms with Crippen LogP contribution in [-0.4, -0.2) is 58.1 Å². The van der Waals surface area contributed by atoms with Gasteiger partial charge in [0.1, 0.15) is 11.7 Å². The molecule has 2 amide bonds. The Morgan fingerprint density at radius 1 is 1.30 bits per heavy atom. The van der Waals surface area contributed by atoms with Crippen LogP contribution in [0.1, 0.15) is 19.3 Å². The van der Waals surface area contributed by atoms with Crippen molar-refractivity contribution >= 4 is 23.4 Å². The predicted molar refractivity (Wildman–Crippen MR) is 84.0 cm³/mol. The van der Waals surface area contributed by atoms with Crippen LogP contribution < -0.4 is 5.56 Å². The number of aromatic nitrogens is 2. The Morgan fingerprint density at radius 3 is 2.87 bits per heavy atom. The number of likely N-dealkylation sites (tertiary alicyclic amines) is 2. The molecule has 3 heterocycles. The molecule has 1 atom stereocenters. The normalized spacial score (nSPS) is 24.5. The summed E-state index contributed by atoms with van der Waals surface area (Å²) < 4.78 is 1.06. The summed E-state index contributed by atoms with van der Waals surface area (Å²) in [6.45, 7) is 1.58. The van der Waals surface area contributed by atoms with Crippen LogP contribution in [0.15, 0.2) is 16.9 Å². The topological polar surface area (TPSA) is 75.5 Å². The third-order valence-electron chi connectivity index (χ3n) is 4.77. The van der Waals surface area contributed by atoms with Crippen molar-refractivity contribution in [3.8, 4) is 0 Å². The summed E-state index contributed by atoms with van der Waals surface area (Å²) in [5.74, 6) is -0.0862. The van der Waals surface area contributed by atoms with Crippen LogP contribution in [0.2, 0.25) is 5.15 Å². The van der Waals surface area contributed by atoms with Gasteiger partial charge in [-0.1, -0.05) is 11.6 Å². The van der Waals surface area contributed by atoms with Gasteiger partial charge in [-0.2, -0.15) is 5.10 Å². The zero-order chi connectivity index (χ0) is 16.6. The molecule has 7 nitrogen and oxygen atoms in total. The summed E-state index contributed by atoms with van der Waals surface area (Å²) in [6.07, 6.45) is 2.45. The molecule has 2 saturated heterocycles. The van der Waals surface area contributed by atoms with Crippen molar-refractivity contribution in [2.45, 2.75) is 25.8 Å². The quantitative estimate of drug-likeness (QED) is 0.780. The van der Waals surface area contributed by atoms with Crippen LogP contribution >= 0.6 is 11.6 Å². The number of nitrogens with zero attached hydrogens (tertiary/aromatic N) is 4. The molecule has 1 unspecified atom stereocenters. The van der Waals surface area contributed by atoms with Crippen LogP contribution in [0, 0.1) is 5.41 Å². The largest absolute Gasteiger partial charge is 0.345 e. The van der Waals surface area contributed by atoms with E-state index in [2.05, 4.69) is 5.10 Å². The first-order chi connectivity index (χ1) is 10.9. The van der Waals surface area contributed by atoms with Gasteiger partial charge in [0.05, 0.1) is 5.41 Å². The van der Waals surface area contributed by atoms with Crippen molar-refractivity contribution in [1.82, 2.24) is 19.6 Å². The fraction of sp³-hybridized carbons (Fsp3) is 0.600. The van der Waals surface area contributed by atoms with Gasteiger partial charge < -0.3 is 9.80 Å². The summed E-state index contributed by atoms with van der Waals surface area (Å²) in [5, 5.41) is 4.03. The van der Waals surface area contributed by atoms with Crippen LogP contribution in [0.5, 0.6) is 0 Å². The van der Waals surface area contributed by atoms with E-state index in [1.807, 2.05) is 7.05 Å². The first-order valence-corrected chi connectivity index (χ1v) is 8.06. The average Bonchev–Trinajstić information content (AvgIpc) is 2.94. The van der Waals surface area contributed by atoms with E-state index in [1.54, 1.807) is 9.80 Å². The second-order valence-corrected chi connectivity index (χ2v) is 6.72. The third kappa shape index (κ3) is 2.97. The molecule has 23 heavy (non-hydrogen) atoms. The molecule has 2 fully saturated rings. The highest BCUT2D eigenvalue weighted by molar-refractivity contribution is 6.29. The molecule has 1 spiro atoms. The molecule has 124 valence electrons. The van der Waals surface area contributed by atoms with Gasteiger partial charge in [-0.05, 0) is 25.3 Å². The first kappa shape index (κ1) is 16.0. The highest BCUT2D eigenvalue weighted by atomic mass is 35.5. The molecular formula is C15H19ClN4O3. The van der Waals surface area contributed by atoms with Crippen LogP contribution in [0.25, 0.3) is 0 Å². The Labute approximate surface area is 138 Å². The molecule has 0 aliphatic carbocycles. The molecule has 0 bridgehead atoms. The highest BCUT2D eigenvalue weighted by Crippen LogP contribution is 2.39. The smallest absolute Gasteiger partial charge is 0.267 e. The van der Waals surface area contributed by atoms with Crippen LogP contribution in [0.4, 0.5) is 0 Å². The van der Waals surface area contributed by atoms with Gasteiger partial charge in [0, 0.05) is 32.7 Å². The van der Waals surface area contributed by atoms with Gasteiger partial charge >= 0.3 is 0 Å². The summed E-state index contributed by atoms with van der Waals surface area (Å²) in [5.41, 5.74) is -0.819. The molecule has 1 aromatic rings. The lowest BCUT2D eigenvalue weighted by molar-refractivity contribution is -0.144. The maximum absolute atomic E-state index is 12.5. The zero-order valence-corrected chi connectivity index (χ0v) is 13.8. The van der Waals surface area contributed by atoms with Crippen molar-refractivity contribution in [2.75, 3.05) is 26.7 Å². The third-order valence-corrected chi connectivity index (χ3v) is 4.98. The van der Waals surface area contributed by atoms with E-state index in [4.69, 9.17) is 11.6 Å². The minimum Gasteiger partial charge on any atom is -0.345 e. The Kier molecular flexibility index (Phi) is 4.14. The molecule has 2 aliphatic heterocycles. The number of carbonyl (C=O) groups excluding carboxylic acids is 2. The monoisotopic (exact) mass is 338 g/mol. The Bertz CT molecular complexity index is 704. The second-order valence-electron chi connectivity index (χ2n) is 6.33. The highest BCUT2D eigenvalue weighted by Gasteiger charge is 2.48. The lowest BCUT2D eigenvalue weighted by atomic mass is 9.78. The molecular weight excluding hydrogens is 320 g/mol. The van der Waals surface area contributed by atoms with Crippen LogP contribution in [-0.2, 0) is 16.1 Å². The number of hydrogen-bond donors (Lipinski definition) is 0. The SMILES string of the molecule is CN1CCCC2(CCN(C(=O)Cn3nc(Cl)ccc3=O)C2)C1=O. The summed E-state index contributed by atoms with van der Waals surface area (Å²) >= 11 is 5.77. The van der Waals surface area contributed by atoms with E-state index in [0.717, 1.165) is 24.1 Å². The minimum absolute atomic E-state index is 0.122. The van der Waals surface area contributed by atoms with Crippen molar-refractivity contribution in [1.29, 1.82) is 0 Å². The first-order valence-electron chi connectivity index (χ1n) is 7.68. The summed E-state index contributed by atoms with van der Waals surface area (Å²) in [7, 11) is 1.81. The maximum atomic E-state index is 12.5. The van der Waals surface area contributed by atoms with Gasteiger partial charge in [-0.15, -0.1) is 0 Å². The number of amides is 2. The van der Waals surface area contributed by atoms with E-state index in [0.29, 0.717) is 19.5 Å². The van der Waals surface area contributed by atoms with Gasteiger partial charge in [0.25, 0.3) is 5.56 Å². The van der Waals surface area contributed by atoms with Gasteiger partial charge in [0.15, 0.2) is 0 Å². The lowest BCUT2D eigenvalue weighted by Gasteiger charge is -2.37.